The number of hydrogen-bond acceptors (Lipinski definition) is 3. The first-order valence-corrected chi connectivity index (χ1v) is 5.27. The monoisotopic (exact) mass is 256 g/mol. The molecule has 0 aliphatic rings. The molecule has 2 N–H and O–H groups in total. The van der Waals surface area contributed by atoms with Crippen LogP contribution in [0.2, 0.25) is 0 Å². The van der Waals surface area contributed by atoms with Gasteiger partial charge in [-0.1, -0.05) is 12.1 Å². The summed E-state index contributed by atoms with van der Waals surface area (Å²) in [5.41, 5.74) is 0.143. The zero-order chi connectivity index (χ0) is 13.0. The van der Waals surface area contributed by atoms with Gasteiger partial charge in [-0.3, -0.25) is 5.10 Å². The van der Waals surface area contributed by atoms with Crippen molar-refractivity contribution in [2.24, 2.45) is 0 Å². The average molecular weight is 256 g/mol. The third-order valence-electron chi connectivity index (χ3n) is 2.37. The first-order chi connectivity index (χ1) is 8.55. The molecular weight excluding hydrogens is 245 g/mol. The standard InChI is InChI=1S/C11H11F3N4/c12-11(13,14)9-3-1-8(2-4-9)5-15-6-10-16-7-17-18-10/h1-4,7,15H,5-6H2,(H,16,17,18). The van der Waals surface area contributed by atoms with Gasteiger partial charge < -0.3 is 5.32 Å². The van der Waals surface area contributed by atoms with Crippen molar-refractivity contribution in [3.8, 4) is 0 Å². The summed E-state index contributed by atoms with van der Waals surface area (Å²) in [6.45, 7) is 0.958. The van der Waals surface area contributed by atoms with Gasteiger partial charge in [0.1, 0.15) is 12.2 Å². The number of benzene rings is 1. The van der Waals surface area contributed by atoms with Crippen LogP contribution in [0.5, 0.6) is 0 Å². The lowest BCUT2D eigenvalue weighted by Crippen LogP contribution is -2.14. The minimum Gasteiger partial charge on any atom is -0.306 e. The molecule has 0 saturated carbocycles. The minimum absolute atomic E-state index is 0.471. The Balaban J connectivity index is 1.87. The quantitative estimate of drug-likeness (QED) is 0.881. The summed E-state index contributed by atoms with van der Waals surface area (Å²) in [5, 5.41) is 9.41. The van der Waals surface area contributed by atoms with E-state index in [0.29, 0.717) is 18.9 Å². The van der Waals surface area contributed by atoms with Crippen molar-refractivity contribution < 1.29 is 13.2 Å². The molecule has 4 nitrogen and oxygen atoms in total. The van der Waals surface area contributed by atoms with E-state index in [1.54, 1.807) is 0 Å². The van der Waals surface area contributed by atoms with E-state index >= 15 is 0 Å². The molecular formula is C11H11F3N4. The third-order valence-corrected chi connectivity index (χ3v) is 2.37. The molecule has 0 saturated heterocycles. The Bertz CT molecular complexity index is 476. The minimum atomic E-state index is -4.29. The van der Waals surface area contributed by atoms with E-state index in [2.05, 4.69) is 20.5 Å². The van der Waals surface area contributed by atoms with Gasteiger partial charge >= 0.3 is 6.18 Å². The maximum absolute atomic E-state index is 12.3. The van der Waals surface area contributed by atoms with E-state index in [-0.39, 0.29) is 0 Å². The summed E-state index contributed by atoms with van der Waals surface area (Å²) in [6.07, 6.45) is -2.89. The smallest absolute Gasteiger partial charge is 0.306 e. The molecule has 0 fully saturated rings. The van der Waals surface area contributed by atoms with Gasteiger partial charge in [0.15, 0.2) is 0 Å². The van der Waals surface area contributed by atoms with Gasteiger partial charge in [0.25, 0.3) is 0 Å². The SMILES string of the molecule is FC(F)(F)c1ccc(CNCc2ncn[nH]2)cc1. The fraction of sp³-hybridized carbons (Fsp3) is 0.273. The average Bonchev–Trinajstić information content (AvgIpc) is 2.82. The molecule has 0 radical (unpaired) electrons. The van der Waals surface area contributed by atoms with Crippen LogP contribution < -0.4 is 5.32 Å². The Morgan fingerprint density at radius 3 is 2.39 bits per heavy atom. The van der Waals surface area contributed by atoms with E-state index in [9.17, 15) is 13.2 Å². The van der Waals surface area contributed by atoms with Crippen LogP contribution >= 0.6 is 0 Å². The van der Waals surface area contributed by atoms with Crippen molar-refractivity contribution in [1.29, 1.82) is 0 Å². The van der Waals surface area contributed by atoms with Gasteiger partial charge in [0.05, 0.1) is 12.1 Å². The Kier molecular flexibility index (Phi) is 3.61. The Hall–Kier alpha value is -1.89. The zero-order valence-electron chi connectivity index (χ0n) is 9.33. The molecule has 96 valence electrons. The van der Waals surface area contributed by atoms with Crippen molar-refractivity contribution in [3.05, 3.63) is 47.5 Å². The molecule has 0 spiro atoms. The van der Waals surface area contributed by atoms with Crippen molar-refractivity contribution >= 4 is 0 Å². The number of nitrogens with zero attached hydrogens (tertiary/aromatic N) is 2. The first kappa shape index (κ1) is 12.6. The normalized spacial score (nSPS) is 11.7. The van der Waals surface area contributed by atoms with Crippen molar-refractivity contribution in [3.63, 3.8) is 0 Å². The third kappa shape index (κ3) is 3.30. The van der Waals surface area contributed by atoms with E-state index in [4.69, 9.17) is 0 Å². The highest BCUT2D eigenvalue weighted by Crippen LogP contribution is 2.28. The number of H-pyrrole nitrogens is 1. The molecule has 0 aliphatic heterocycles. The Labute approximate surface area is 101 Å². The summed E-state index contributed by atoms with van der Waals surface area (Å²) < 4.78 is 37.0. The summed E-state index contributed by atoms with van der Waals surface area (Å²) in [5.74, 6) is 0.682. The van der Waals surface area contributed by atoms with Crippen LogP contribution in [0.25, 0.3) is 0 Å². The van der Waals surface area contributed by atoms with Crippen molar-refractivity contribution in [1.82, 2.24) is 20.5 Å². The van der Waals surface area contributed by atoms with Crippen LogP contribution in [-0.4, -0.2) is 15.2 Å². The van der Waals surface area contributed by atoms with Crippen LogP contribution in [-0.2, 0) is 19.3 Å². The van der Waals surface area contributed by atoms with Gasteiger partial charge in [-0.15, -0.1) is 0 Å². The second kappa shape index (κ2) is 5.18. The van der Waals surface area contributed by atoms with Gasteiger partial charge in [-0.05, 0) is 17.7 Å². The largest absolute Gasteiger partial charge is 0.416 e. The molecule has 1 heterocycles. The number of nitrogens with one attached hydrogen (secondary N) is 2. The summed E-state index contributed by atoms with van der Waals surface area (Å²) in [6, 6.07) is 5.06. The number of rotatable bonds is 4. The van der Waals surface area contributed by atoms with Crippen molar-refractivity contribution in [2.75, 3.05) is 0 Å². The number of aromatic nitrogens is 3. The summed E-state index contributed by atoms with van der Waals surface area (Å²) in [7, 11) is 0. The van der Waals surface area contributed by atoms with Crippen LogP contribution in [0.1, 0.15) is 17.0 Å². The lowest BCUT2D eigenvalue weighted by molar-refractivity contribution is -0.137. The highest BCUT2D eigenvalue weighted by Gasteiger charge is 2.29. The molecule has 7 heteroatoms. The molecule has 0 unspecified atom stereocenters. The molecule has 1 aromatic heterocycles. The predicted octanol–water partition coefficient (Wildman–Crippen LogP) is 2.11. The number of halogens is 3. The zero-order valence-corrected chi connectivity index (χ0v) is 9.33. The molecule has 18 heavy (non-hydrogen) atoms. The number of aromatic amines is 1. The van der Waals surface area contributed by atoms with Gasteiger partial charge in [0, 0.05) is 6.54 Å². The van der Waals surface area contributed by atoms with Gasteiger partial charge in [-0.25, -0.2) is 4.98 Å². The maximum atomic E-state index is 12.3. The highest BCUT2D eigenvalue weighted by atomic mass is 19.4. The molecule has 0 aliphatic carbocycles. The van der Waals surface area contributed by atoms with Crippen LogP contribution in [0, 0.1) is 0 Å². The fourth-order valence-corrected chi connectivity index (χ4v) is 1.45. The van der Waals surface area contributed by atoms with Gasteiger partial charge in [-0.2, -0.15) is 18.3 Å². The topological polar surface area (TPSA) is 53.6 Å². The highest BCUT2D eigenvalue weighted by molar-refractivity contribution is 5.24. The lowest BCUT2D eigenvalue weighted by atomic mass is 10.1. The van der Waals surface area contributed by atoms with Crippen molar-refractivity contribution in [2.45, 2.75) is 19.3 Å². The van der Waals surface area contributed by atoms with E-state index in [0.717, 1.165) is 17.7 Å². The fourth-order valence-electron chi connectivity index (χ4n) is 1.45. The molecule has 0 amide bonds. The van der Waals surface area contributed by atoms with Crippen LogP contribution in [0.4, 0.5) is 13.2 Å². The molecule has 0 atom stereocenters. The maximum Gasteiger partial charge on any atom is 0.416 e. The summed E-state index contributed by atoms with van der Waals surface area (Å²) in [4.78, 5) is 3.92. The van der Waals surface area contributed by atoms with Crippen LogP contribution in [0.15, 0.2) is 30.6 Å². The number of hydrogen-bond donors (Lipinski definition) is 2. The Morgan fingerprint density at radius 1 is 1.11 bits per heavy atom. The Morgan fingerprint density at radius 2 is 1.83 bits per heavy atom. The van der Waals surface area contributed by atoms with E-state index in [1.807, 2.05) is 0 Å². The molecule has 2 rings (SSSR count). The lowest BCUT2D eigenvalue weighted by Gasteiger charge is -2.07. The first-order valence-electron chi connectivity index (χ1n) is 5.27. The van der Waals surface area contributed by atoms with E-state index < -0.39 is 11.7 Å². The van der Waals surface area contributed by atoms with Crippen LogP contribution in [0.3, 0.4) is 0 Å². The predicted molar refractivity (Wildman–Crippen MR) is 58.4 cm³/mol. The van der Waals surface area contributed by atoms with Gasteiger partial charge in [0.2, 0.25) is 0 Å². The molecule has 0 bridgehead atoms. The molecule has 1 aromatic carbocycles. The molecule has 2 aromatic rings. The second-order valence-electron chi connectivity index (χ2n) is 3.73. The van der Waals surface area contributed by atoms with E-state index in [1.165, 1.54) is 18.5 Å². The summed E-state index contributed by atoms with van der Waals surface area (Å²) >= 11 is 0. The second-order valence-corrected chi connectivity index (χ2v) is 3.73. The number of alkyl halides is 3.